The highest BCUT2D eigenvalue weighted by molar-refractivity contribution is 5.33. The Hall–Kier alpha value is -0.730. The molecule has 0 bridgehead atoms. The van der Waals surface area contributed by atoms with E-state index in [1.807, 2.05) is 0 Å². The first-order valence-electron chi connectivity index (χ1n) is 4.22. The van der Waals surface area contributed by atoms with Gasteiger partial charge in [-0.15, -0.1) is 0 Å². The van der Waals surface area contributed by atoms with Crippen LogP contribution in [0, 0.1) is 0 Å². The highest BCUT2D eigenvalue weighted by atomic mass is 19.1. The van der Waals surface area contributed by atoms with E-state index in [-0.39, 0.29) is 12.7 Å². The van der Waals surface area contributed by atoms with Crippen LogP contribution in [0.5, 0.6) is 0 Å². The maximum atomic E-state index is 11.9. The van der Waals surface area contributed by atoms with Gasteiger partial charge < -0.3 is 4.90 Å². The summed E-state index contributed by atoms with van der Waals surface area (Å²) < 4.78 is 11.9. The van der Waals surface area contributed by atoms with Crippen LogP contribution in [-0.4, -0.2) is 43.3 Å². The minimum absolute atomic E-state index is 0.123. The second-order valence-electron chi connectivity index (χ2n) is 2.98. The van der Waals surface area contributed by atoms with Gasteiger partial charge in [-0.3, -0.25) is 0 Å². The molecule has 1 saturated heterocycles. The van der Waals surface area contributed by atoms with E-state index in [0.29, 0.717) is 6.54 Å². The largest absolute Gasteiger partial charge is 0.301 e. The molecule has 0 radical (unpaired) electrons. The first kappa shape index (κ1) is 9.36. The third-order valence-corrected chi connectivity index (χ3v) is 2.19. The topological polar surface area (TPSA) is 32.7 Å². The van der Waals surface area contributed by atoms with E-state index in [1.54, 1.807) is 6.08 Å². The van der Waals surface area contributed by atoms with Crippen molar-refractivity contribution in [3.05, 3.63) is 0 Å². The van der Waals surface area contributed by atoms with E-state index in [4.69, 9.17) is 0 Å². The zero-order valence-electron chi connectivity index (χ0n) is 7.00. The van der Waals surface area contributed by atoms with Gasteiger partial charge in [0.25, 0.3) is 0 Å². The van der Waals surface area contributed by atoms with Crippen molar-refractivity contribution < 1.29 is 9.18 Å². The van der Waals surface area contributed by atoms with Gasteiger partial charge in [-0.1, -0.05) is 0 Å². The number of alkyl halides is 1. The molecule has 3 nitrogen and oxygen atoms in total. The molecule has 0 aromatic carbocycles. The molecule has 0 aromatic rings. The molecular formula is C8H13FN2O. The average Bonchev–Trinajstić information content (AvgIpc) is 2.09. The summed E-state index contributed by atoms with van der Waals surface area (Å²) in [6, 6.07) is 0.123. The molecule has 1 rings (SSSR count). The summed E-state index contributed by atoms with van der Waals surface area (Å²) in [4.78, 5) is 15.6. The van der Waals surface area contributed by atoms with Crippen LogP contribution in [0.1, 0.15) is 12.8 Å². The van der Waals surface area contributed by atoms with Crippen LogP contribution >= 0.6 is 0 Å². The number of hydrogen-bond acceptors (Lipinski definition) is 3. The third kappa shape index (κ3) is 2.72. The van der Waals surface area contributed by atoms with Crippen molar-refractivity contribution in [1.29, 1.82) is 0 Å². The molecule has 0 aromatic heterocycles. The maximum absolute atomic E-state index is 11.9. The number of nitrogens with zero attached hydrogens (tertiary/aromatic N) is 2. The maximum Gasteiger partial charge on any atom is 0.235 e. The van der Waals surface area contributed by atoms with Gasteiger partial charge in [0.15, 0.2) is 0 Å². The van der Waals surface area contributed by atoms with Gasteiger partial charge in [0.1, 0.15) is 6.67 Å². The smallest absolute Gasteiger partial charge is 0.235 e. The van der Waals surface area contributed by atoms with Crippen LogP contribution in [0.4, 0.5) is 4.39 Å². The van der Waals surface area contributed by atoms with Crippen LogP contribution in [0.2, 0.25) is 0 Å². The van der Waals surface area contributed by atoms with Crippen LogP contribution < -0.4 is 0 Å². The molecule has 1 aliphatic rings. The SMILES string of the molecule is O=C=NC1CCN(CCF)CC1. The Kier molecular flexibility index (Phi) is 3.91. The molecule has 68 valence electrons. The van der Waals surface area contributed by atoms with Crippen molar-refractivity contribution in [3.63, 3.8) is 0 Å². The summed E-state index contributed by atoms with van der Waals surface area (Å²) >= 11 is 0. The van der Waals surface area contributed by atoms with E-state index in [2.05, 4.69) is 9.89 Å². The van der Waals surface area contributed by atoms with Crippen LogP contribution in [0.3, 0.4) is 0 Å². The number of isocyanates is 1. The molecule has 0 N–H and O–H groups in total. The van der Waals surface area contributed by atoms with Gasteiger partial charge in [-0.2, -0.15) is 0 Å². The van der Waals surface area contributed by atoms with Crippen molar-refractivity contribution in [3.8, 4) is 0 Å². The lowest BCUT2D eigenvalue weighted by Crippen LogP contribution is -2.36. The third-order valence-electron chi connectivity index (χ3n) is 2.19. The first-order chi connectivity index (χ1) is 5.86. The van der Waals surface area contributed by atoms with Gasteiger partial charge in [-0.05, 0) is 12.8 Å². The second-order valence-corrected chi connectivity index (χ2v) is 2.98. The zero-order chi connectivity index (χ0) is 8.81. The molecule has 1 fully saturated rings. The molecule has 0 aliphatic carbocycles. The summed E-state index contributed by atoms with van der Waals surface area (Å²) in [5.41, 5.74) is 0. The highest BCUT2D eigenvalue weighted by Gasteiger charge is 2.17. The molecule has 1 heterocycles. The van der Waals surface area contributed by atoms with E-state index in [9.17, 15) is 9.18 Å². The van der Waals surface area contributed by atoms with Crippen LogP contribution in [-0.2, 0) is 4.79 Å². The monoisotopic (exact) mass is 172 g/mol. The number of rotatable bonds is 3. The fraction of sp³-hybridized carbons (Fsp3) is 0.875. The van der Waals surface area contributed by atoms with Crippen LogP contribution in [0.25, 0.3) is 0 Å². The quantitative estimate of drug-likeness (QED) is 0.465. The summed E-state index contributed by atoms with van der Waals surface area (Å²) in [5.74, 6) is 0. The summed E-state index contributed by atoms with van der Waals surface area (Å²) in [6.07, 6.45) is 3.28. The van der Waals surface area contributed by atoms with Gasteiger partial charge in [0, 0.05) is 19.6 Å². The fourth-order valence-corrected chi connectivity index (χ4v) is 1.47. The van der Waals surface area contributed by atoms with Crippen molar-refractivity contribution in [2.24, 2.45) is 4.99 Å². The predicted molar refractivity (Wildman–Crippen MR) is 43.6 cm³/mol. The molecule has 0 atom stereocenters. The Morgan fingerprint density at radius 3 is 2.67 bits per heavy atom. The molecule has 0 unspecified atom stereocenters. The standard InChI is InChI=1S/C8H13FN2O/c9-3-6-11-4-1-8(2-5-11)10-7-12/h8H,1-6H2. The minimum Gasteiger partial charge on any atom is -0.301 e. The Morgan fingerprint density at radius 1 is 1.50 bits per heavy atom. The van der Waals surface area contributed by atoms with Crippen molar-refractivity contribution in [2.45, 2.75) is 18.9 Å². The Labute approximate surface area is 71.3 Å². The number of likely N-dealkylation sites (tertiary alicyclic amines) is 1. The van der Waals surface area contributed by atoms with E-state index >= 15 is 0 Å². The number of piperidine rings is 1. The molecule has 0 spiro atoms. The molecule has 12 heavy (non-hydrogen) atoms. The summed E-state index contributed by atoms with van der Waals surface area (Å²) in [7, 11) is 0. The normalized spacial score (nSPS) is 20.4. The van der Waals surface area contributed by atoms with Crippen molar-refractivity contribution in [2.75, 3.05) is 26.3 Å². The van der Waals surface area contributed by atoms with Crippen molar-refractivity contribution in [1.82, 2.24) is 4.90 Å². The first-order valence-corrected chi connectivity index (χ1v) is 4.22. The van der Waals surface area contributed by atoms with Gasteiger partial charge in [-0.25, -0.2) is 14.2 Å². The lowest BCUT2D eigenvalue weighted by atomic mass is 10.1. The summed E-state index contributed by atoms with van der Waals surface area (Å²) in [5, 5.41) is 0. The van der Waals surface area contributed by atoms with E-state index in [1.165, 1.54) is 0 Å². The zero-order valence-corrected chi connectivity index (χ0v) is 7.00. The molecule has 0 saturated carbocycles. The van der Waals surface area contributed by atoms with Gasteiger partial charge in [0.2, 0.25) is 6.08 Å². The second kappa shape index (κ2) is 5.01. The number of carbonyl (C=O) groups excluding carboxylic acids is 1. The molecule has 1 aliphatic heterocycles. The average molecular weight is 172 g/mol. The Bertz CT molecular complexity index is 172. The van der Waals surface area contributed by atoms with Crippen molar-refractivity contribution >= 4 is 6.08 Å². The predicted octanol–water partition coefficient (Wildman–Crippen LogP) is 0.756. The lowest BCUT2D eigenvalue weighted by molar-refractivity contribution is 0.198. The number of halogens is 1. The highest BCUT2D eigenvalue weighted by Crippen LogP contribution is 2.12. The Balaban J connectivity index is 2.24. The van der Waals surface area contributed by atoms with Gasteiger partial charge >= 0.3 is 0 Å². The number of hydrogen-bond donors (Lipinski definition) is 0. The van der Waals surface area contributed by atoms with E-state index < -0.39 is 0 Å². The molecule has 4 heteroatoms. The minimum atomic E-state index is -0.290. The summed E-state index contributed by atoms with van der Waals surface area (Å²) in [6.45, 7) is 1.92. The lowest BCUT2D eigenvalue weighted by Gasteiger charge is -2.28. The molecular weight excluding hydrogens is 159 g/mol. The molecule has 0 amide bonds. The van der Waals surface area contributed by atoms with E-state index in [0.717, 1.165) is 25.9 Å². The Morgan fingerprint density at radius 2 is 2.17 bits per heavy atom. The van der Waals surface area contributed by atoms with Crippen LogP contribution in [0.15, 0.2) is 4.99 Å². The van der Waals surface area contributed by atoms with Gasteiger partial charge in [0.05, 0.1) is 6.04 Å². The number of aliphatic imine (C=N–C) groups is 1. The fourth-order valence-electron chi connectivity index (χ4n) is 1.47.